The van der Waals surface area contributed by atoms with Gasteiger partial charge in [-0.1, -0.05) is 6.07 Å². The molecule has 3 heterocycles. The van der Waals surface area contributed by atoms with Crippen LogP contribution < -0.4 is 4.90 Å². The van der Waals surface area contributed by atoms with Gasteiger partial charge in [0, 0.05) is 17.6 Å². The molecule has 3 nitrogen and oxygen atoms in total. The average Bonchev–Trinajstić information content (AvgIpc) is 3.08. The predicted molar refractivity (Wildman–Crippen MR) is 70.7 cm³/mol. The van der Waals surface area contributed by atoms with Crippen LogP contribution in [0.2, 0.25) is 0 Å². The number of hydrogen-bond acceptors (Lipinski definition) is 4. The van der Waals surface area contributed by atoms with Crippen molar-refractivity contribution in [1.82, 2.24) is 9.97 Å². The molecule has 0 bridgehead atoms. The molecule has 2 aromatic heterocycles. The molecule has 1 fully saturated rings. The molecule has 106 valence electrons. The Morgan fingerprint density at radius 1 is 1.30 bits per heavy atom. The second-order valence-electron chi connectivity index (χ2n) is 4.61. The standard InChI is InChI=1S/C13H12F3N3S/c14-13(15,16)11-5-6-17-12(18-11)19-7-1-3-9(19)10-4-2-8-20-10/h2,4-6,8-9H,1,3,7H2/t9-/m1/s1. The number of nitrogens with zero attached hydrogens (tertiary/aromatic N) is 3. The van der Waals surface area contributed by atoms with Crippen LogP contribution in [0.15, 0.2) is 29.8 Å². The highest BCUT2D eigenvalue weighted by molar-refractivity contribution is 7.10. The lowest BCUT2D eigenvalue weighted by Crippen LogP contribution is -2.25. The molecule has 0 unspecified atom stereocenters. The van der Waals surface area contributed by atoms with Gasteiger partial charge in [0.1, 0.15) is 5.69 Å². The highest BCUT2D eigenvalue weighted by Gasteiger charge is 2.35. The Balaban J connectivity index is 1.92. The van der Waals surface area contributed by atoms with E-state index in [2.05, 4.69) is 9.97 Å². The Bertz CT molecular complexity index is 583. The van der Waals surface area contributed by atoms with E-state index in [9.17, 15) is 13.2 Å². The fraction of sp³-hybridized carbons (Fsp3) is 0.385. The zero-order valence-corrected chi connectivity index (χ0v) is 11.3. The zero-order valence-electron chi connectivity index (χ0n) is 10.5. The molecule has 0 radical (unpaired) electrons. The largest absolute Gasteiger partial charge is 0.433 e. The molecule has 1 atom stereocenters. The lowest BCUT2D eigenvalue weighted by atomic mass is 10.2. The molecule has 1 aliphatic rings. The van der Waals surface area contributed by atoms with Crippen molar-refractivity contribution >= 4 is 17.3 Å². The van der Waals surface area contributed by atoms with E-state index in [1.807, 2.05) is 22.4 Å². The molecule has 0 aromatic carbocycles. The number of rotatable bonds is 2. The monoisotopic (exact) mass is 299 g/mol. The second kappa shape index (κ2) is 5.05. The molecule has 7 heteroatoms. The van der Waals surface area contributed by atoms with Crippen molar-refractivity contribution in [3.63, 3.8) is 0 Å². The van der Waals surface area contributed by atoms with Crippen LogP contribution in [0.3, 0.4) is 0 Å². The summed E-state index contributed by atoms with van der Waals surface area (Å²) in [6.07, 6.45) is -1.41. The van der Waals surface area contributed by atoms with Crippen molar-refractivity contribution in [2.75, 3.05) is 11.4 Å². The van der Waals surface area contributed by atoms with Crippen molar-refractivity contribution in [3.05, 3.63) is 40.3 Å². The van der Waals surface area contributed by atoms with Gasteiger partial charge in [-0.15, -0.1) is 11.3 Å². The van der Waals surface area contributed by atoms with Gasteiger partial charge in [-0.3, -0.25) is 0 Å². The number of halogens is 3. The lowest BCUT2D eigenvalue weighted by molar-refractivity contribution is -0.141. The van der Waals surface area contributed by atoms with Crippen molar-refractivity contribution in [1.29, 1.82) is 0 Å². The number of aromatic nitrogens is 2. The van der Waals surface area contributed by atoms with Gasteiger partial charge in [0.25, 0.3) is 0 Å². The first kappa shape index (κ1) is 13.4. The number of anilines is 1. The summed E-state index contributed by atoms with van der Waals surface area (Å²) in [5.41, 5.74) is -0.890. The van der Waals surface area contributed by atoms with Crippen molar-refractivity contribution < 1.29 is 13.2 Å². The molecule has 0 aliphatic carbocycles. The Labute approximate surface area is 118 Å². The summed E-state index contributed by atoms with van der Waals surface area (Å²) in [4.78, 5) is 10.7. The molecule has 1 aliphatic heterocycles. The quantitative estimate of drug-likeness (QED) is 0.842. The smallest absolute Gasteiger partial charge is 0.333 e. The maximum Gasteiger partial charge on any atom is 0.433 e. The van der Waals surface area contributed by atoms with E-state index in [4.69, 9.17) is 0 Å². The van der Waals surface area contributed by atoms with E-state index in [-0.39, 0.29) is 12.0 Å². The topological polar surface area (TPSA) is 29.0 Å². The zero-order chi connectivity index (χ0) is 14.2. The predicted octanol–water partition coefficient (Wildman–Crippen LogP) is 3.90. The van der Waals surface area contributed by atoms with E-state index in [1.54, 1.807) is 11.3 Å². The third-order valence-corrected chi connectivity index (χ3v) is 4.29. The Hall–Kier alpha value is -1.63. The fourth-order valence-corrected chi connectivity index (χ4v) is 3.30. The minimum atomic E-state index is -4.43. The molecule has 0 spiro atoms. The van der Waals surface area contributed by atoms with Gasteiger partial charge in [-0.2, -0.15) is 13.2 Å². The van der Waals surface area contributed by atoms with Crippen molar-refractivity contribution in [3.8, 4) is 0 Å². The van der Waals surface area contributed by atoms with E-state index in [0.29, 0.717) is 6.54 Å². The summed E-state index contributed by atoms with van der Waals surface area (Å²) in [7, 11) is 0. The highest BCUT2D eigenvalue weighted by atomic mass is 32.1. The summed E-state index contributed by atoms with van der Waals surface area (Å²) in [6, 6.07) is 4.93. The molecule has 0 saturated carbocycles. The van der Waals surface area contributed by atoms with Crippen LogP contribution in [0.25, 0.3) is 0 Å². The fourth-order valence-electron chi connectivity index (χ4n) is 2.43. The third kappa shape index (κ3) is 2.49. The summed E-state index contributed by atoms with van der Waals surface area (Å²) in [5, 5.41) is 1.97. The van der Waals surface area contributed by atoms with Gasteiger partial charge < -0.3 is 4.90 Å². The summed E-state index contributed by atoms with van der Waals surface area (Å²) in [6.45, 7) is 0.684. The Morgan fingerprint density at radius 3 is 2.85 bits per heavy atom. The second-order valence-corrected chi connectivity index (χ2v) is 5.59. The normalized spacial score (nSPS) is 19.6. The minimum Gasteiger partial charge on any atom is -0.333 e. The van der Waals surface area contributed by atoms with Crippen LogP contribution in [-0.4, -0.2) is 16.5 Å². The van der Waals surface area contributed by atoms with Crippen molar-refractivity contribution in [2.45, 2.75) is 25.1 Å². The SMILES string of the molecule is FC(F)(F)c1ccnc(N2CCC[C@@H]2c2cccs2)n1. The molecule has 0 N–H and O–H groups in total. The van der Waals surface area contributed by atoms with Gasteiger partial charge in [-0.25, -0.2) is 9.97 Å². The van der Waals surface area contributed by atoms with Crippen LogP contribution in [0, 0.1) is 0 Å². The first-order valence-corrected chi connectivity index (χ1v) is 7.14. The molecule has 0 amide bonds. The average molecular weight is 299 g/mol. The number of hydrogen-bond donors (Lipinski definition) is 0. The maximum atomic E-state index is 12.7. The van der Waals surface area contributed by atoms with E-state index >= 15 is 0 Å². The molecular weight excluding hydrogens is 287 g/mol. The van der Waals surface area contributed by atoms with Gasteiger partial charge in [0.2, 0.25) is 5.95 Å². The lowest BCUT2D eigenvalue weighted by Gasteiger charge is -2.24. The van der Waals surface area contributed by atoms with Crippen LogP contribution in [-0.2, 0) is 6.18 Å². The Kier molecular flexibility index (Phi) is 3.37. The van der Waals surface area contributed by atoms with Crippen LogP contribution in [0.5, 0.6) is 0 Å². The van der Waals surface area contributed by atoms with E-state index in [0.717, 1.165) is 23.8 Å². The maximum absolute atomic E-state index is 12.7. The Morgan fingerprint density at radius 2 is 2.15 bits per heavy atom. The molecule has 3 rings (SSSR count). The van der Waals surface area contributed by atoms with Gasteiger partial charge in [0.05, 0.1) is 6.04 Å². The molecule has 2 aromatic rings. The van der Waals surface area contributed by atoms with Crippen LogP contribution >= 0.6 is 11.3 Å². The van der Waals surface area contributed by atoms with Crippen molar-refractivity contribution in [2.24, 2.45) is 0 Å². The molecule has 20 heavy (non-hydrogen) atoms. The summed E-state index contributed by atoms with van der Waals surface area (Å²) >= 11 is 1.61. The number of thiophene rings is 1. The first-order chi connectivity index (χ1) is 9.55. The van der Waals surface area contributed by atoms with Gasteiger partial charge in [0.15, 0.2) is 0 Å². The van der Waals surface area contributed by atoms with E-state index < -0.39 is 11.9 Å². The van der Waals surface area contributed by atoms with Gasteiger partial charge in [-0.05, 0) is 30.4 Å². The highest BCUT2D eigenvalue weighted by Crippen LogP contribution is 2.37. The summed E-state index contributed by atoms with van der Waals surface area (Å²) in [5.74, 6) is 0.163. The minimum absolute atomic E-state index is 0.0819. The molecular formula is C13H12F3N3S. The van der Waals surface area contributed by atoms with E-state index in [1.165, 1.54) is 6.20 Å². The first-order valence-electron chi connectivity index (χ1n) is 6.26. The summed E-state index contributed by atoms with van der Waals surface area (Å²) < 4.78 is 38.2. The van der Waals surface area contributed by atoms with Crippen LogP contribution in [0.1, 0.15) is 29.5 Å². The van der Waals surface area contributed by atoms with Gasteiger partial charge >= 0.3 is 6.18 Å². The number of alkyl halides is 3. The van der Waals surface area contributed by atoms with Crippen LogP contribution in [0.4, 0.5) is 19.1 Å². The third-order valence-electron chi connectivity index (χ3n) is 3.31. The molecule has 1 saturated heterocycles.